The Balaban J connectivity index is 4.50. The lowest BCUT2D eigenvalue weighted by Crippen LogP contribution is -2.55. The number of carbonyl (C=O) groups is 3. The number of carboxylic acids is 1. The third-order valence-electron chi connectivity index (χ3n) is 8.35. The molecule has 0 aromatic rings. The molecule has 0 radical (unpaired) electrons. The van der Waals surface area contributed by atoms with Crippen LogP contribution in [0.5, 0.6) is 0 Å². The van der Waals surface area contributed by atoms with Crippen LogP contribution in [0.4, 0.5) is 0 Å². The number of allylic oxidation sites excluding steroid dienone is 4. The van der Waals surface area contributed by atoms with Gasteiger partial charge >= 0.3 is 11.9 Å². The molecule has 2 unspecified atom stereocenters. The SMILES string of the molecule is CCCCCCCC/C=C/C/C=C/CCC(=O)OCC(COCCC(C(=O)[O-])[N+](C)(C)C)OC(=O)CCCCCCCCCCCC. The monoisotopic (exact) mass is 666 g/mol. The highest BCUT2D eigenvalue weighted by Gasteiger charge is 2.25. The molecule has 274 valence electrons. The predicted octanol–water partition coefficient (Wildman–Crippen LogP) is 8.02. The van der Waals surface area contributed by atoms with E-state index in [2.05, 4.69) is 32.1 Å². The molecule has 0 aromatic carbocycles. The van der Waals surface area contributed by atoms with Gasteiger partial charge in [-0.1, -0.05) is 128 Å². The van der Waals surface area contributed by atoms with Gasteiger partial charge in [-0.3, -0.25) is 9.59 Å². The fourth-order valence-corrected chi connectivity index (χ4v) is 5.36. The Morgan fingerprint density at radius 2 is 1.17 bits per heavy atom. The first-order chi connectivity index (χ1) is 22.6. The second kappa shape index (κ2) is 31.1. The van der Waals surface area contributed by atoms with Gasteiger partial charge in [0, 0.05) is 19.3 Å². The van der Waals surface area contributed by atoms with Crippen LogP contribution >= 0.6 is 0 Å². The van der Waals surface area contributed by atoms with Gasteiger partial charge in [0.15, 0.2) is 6.10 Å². The number of hydrogen-bond donors (Lipinski definition) is 0. The maximum absolute atomic E-state index is 12.6. The number of unbranched alkanes of at least 4 members (excludes halogenated alkanes) is 15. The molecule has 0 saturated heterocycles. The summed E-state index contributed by atoms with van der Waals surface area (Å²) in [6, 6.07) is -0.728. The number of quaternary nitrogens is 1. The number of nitrogens with zero attached hydrogens (tertiary/aromatic N) is 1. The first-order valence-electron chi connectivity index (χ1n) is 18.9. The maximum atomic E-state index is 12.6. The molecule has 0 bridgehead atoms. The number of carbonyl (C=O) groups excluding carboxylic acids is 3. The summed E-state index contributed by atoms with van der Waals surface area (Å²) in [7, 11) is 5.38. The zero-order valence-corrected chi connectivity index (χ0v) is 30.9. The molecule has 47 heavy (non-hydrogen) atoms. The number of ether oxygens (including phenoxy) is 3. The van der Waals surface area contributed by atoms with Crippen molar-refractivity contribution in [1.29, 1.82) is 0 Å². The lowest BCUT2D eigenvalue weighted by atomic mass is 10.1. The third kappa shape index (κ3) is 29.7. The summed E-state index contributed by atoms with van der Waals surface area (Å²) in [4.78, 5) is 36.5. The van der Waals surface area contributed by atoms with E-state index in [4.69, 9.17) is 14.2 Å². The van der Waals surface area contributed by atoms with E-state index < -0.39 is 18.1 Å². The van der Waals surface area contributed by atoms with E-state index in [1.807, 2.05) is 6.08 Å². The van der Waals surface area contributed by atoms with Gasteiger partial charge in [0.1, 0.15) is 12.6 Å². The van der Waals surface area contributed by atoms with Gasteiger partial charge in [0.05, 0.1) is 40.3 Å². The van der Waals surface area contributed by atoms with Gasteiger partial charge < -0.3 is 28.6 Å². The lowest BCUT2D eigenvalue weighted by Gasteiger charge is -2.34. The Morgan fingerprint density at radius 1 is 0.638 bits per heavy atom. The molecule has 0 N–H and O–H groups in total. The molecule has 0 spiro atoms. The van der Waals surface area contributed by atoms with Crippen LogP contribution in [0, 0.1) is 0 Å². The van der Waals surface area contributed by atoms with Crippen molar-refractivity contribution in [1.82, 2.24) is 0 Å². The third-order valence-corrected chi connectivity index (χ3v) is 8.35. The van der Waals surface area contributed by atoms with Crippen LogP contribution in [0.1, 0.15) is 155 Å². The zero-order chi connectivity index (χ0) is 35.0. The van der Waals surface area contributed by atoms with Crippen LogP contribution < -0.4 is 5.11 Å². The minimum absolute atomic E-state index is 0.0267. The van der Waals surface area contributed by atoms with Crippen molar-refractivity contribution in [2.24, 2.45) is 0 Å². The highest BCUT2D eigenvalue weighted by atomic mass is 16.6. The summed E-state index contributed by atoms with van der Waals surface area (Å²) in [5.74, 6) is -1.82. The van der Waals surface area contributed by atoms with Crippen molar-refractivity contribution < 1.29 is 38.2 Å². The van der Waals surface area contributed by atoms with Crippen LogP contribution in [0.3, 0.4) is 0 Å². The molecular formula is C39H71NO7. The molecule has 8 heteroatoms. The Hall–Kier alpha value is -2.19. The van der Waals surface area contributed by atoms with E-state index in [0.717, 1.165) is 32.1 Å². The number of likely N-dealkylation sites (N-methyl/N-ethyl adjacent to an activating group) is 1. The normalized spacial score (nSPS) is 13.3. The molecular weight excluding hydrogens is 594 g/mol. The molecule has 0 aliphatic heterocycles. The summed E-state index contributed by atoms with van der Waals surface area (Å²) in [6.45, 7) is 4.56. The Bertz CT molecular complexity index is 834. The molecule has 2 atom stereocenters. The van der Waals surface area contributed by atoms with Crippen LogP contribution in [-0.2, 0) is 28.6 Å². The summed E-state index contributed by atoms with van der Waals surface area (Å²) < 4.78 is 17.0. The average Bonchev–Trinajstić information content (AvgIpc) is 3.01. The molecule has 0 aliphatic carbocycles. The van der Waals surface area contributed by atoms with Gasteiger partial charge in [0.2, 0.25) is 0 Å². The second-order valence-corrected chi connectivity index (χ2v) is 13.8. The molecule has 0 amide bonds. The number of rotatable bonds is 33. The highest BCUT2D eigenvalue weighted by molar-refractivity contribution is 5.70. The van der Waals surface area contributed by atoms with E-state index in [9.17, 15) is 19.5 Å². The van der Waals surface area contributed by atoms with Crippen molar-refractivity contribution in [2.75, 3.05) is 41.0 Å². The lowest BCUT2D eigenvalue weighted by molar-refractivity contribution is -0.889. The summed E-state index contributed by atoms with van der Waals surface area (Å²) in [5, 5.41) is 11.6. The Kier molecular flexibility index (Phi) is 29.7. The summed E-state index contributed by atoms with van der Waals surface area (Å²) >= 11 is 0. The fourth-order valence-electron chi connectivity index (χ4n) is 5.36. The molecule has 0 aromatic heterocycles. The minimum Gasteiger partial charge on any atom is -0.544 e. The van der Waals surface area contributed by atoms with E-state index >= 15 is 0 Å². The molecule has 0 aliphatic rings. The zero-order valence-electron chi connectivity index (χ0n) is 30.9. The van der Waals surface area contributed by atoms with Gasteiger partial charge in [-0.15, -0.1) is 0 Å². The molecule has 0 rings (SSSR count). The van der Waals surface area contributed by atoms with Gasteiger partial charge in [0.25, 0.3) is 0 Å². The molecule has 0 saturated carbocycles. The number of aliphatic carboxylic acids is 1. The largest absolute Gasteiger partial charge is 0.544 e. The summed E-state index contributed by atoms with van der Waals surface area (Å²) in [6.07, 6.45) is 30.7. The molecule has 8 nitrogen and oxygen atoms in total. The van der Waals surface area contributed by atoms with Crippen LogP contribution in [0.25, 0.3) is 0 Å². The van der Waals surface area contributed by atoms with Gasteiger partial charge in [-0.25, -0.2) is 0 Å². The number of carboxylic acid groups (broad SMARTS) is 1. The summed E-state index contributed by atoms with van der Waals surface area (Å²) in [5.41, 5.74) is 0. The molecule has 0 heterocycles. The Labute approximate surface area is 288 Å². The van der Waals surface area contributed by atoms with Crippen molar-refractivity contribution in [3.8, 4) is 0 Å². The number of esters is 2. The van der Waals surface area contributed by atoms with Crippen molar-refractivity contribution in [2.45, 2.75) is 167 Å². The van der Waals surface area contributed by atoms with Crippen molar-refractivity contribution in [3.63, 3.8) is 0 Å². The molecule has 0 fully saturated rings. The van der Waals surface area contributed by atoms with Crippen LogP contribution in [-0.4, -0.2) is 75.5 Å². The first kappa shape index (κ1) is 44.8. The Morgan fingerprint density at radius 3 is 1.72 bits per heavy atom. The quantitative estimate of drug-likeness (QED) is 0.0303. The smallest absolute Gasteiger partial charge is 0.306 e. The predicted molar refractivity (Wildman–Crippen MR) is 190 cm³/mol. The minimum atomic E-state index is -1.13. The maximum Gasteiger partial charge on any atom is 0.306 e. The van der Waals surface area contributed by atoms with E-state index in [-0.39, 0.29) is 49.1 Å². The van der Waals surface area contributed by atoms with Gasteiger partial charge in [-0.2, -0.15) is 0 Å². The first-order valence-corrected chi connectivity index (χ1v) is 18.9. The highest BCUT2D eigenvalue weighted by Crippen LogP contribution is 2.13. The van der Waals surface area contributed by atoms with Gasteiger partial charge in [-0.05, 0) is 32.1 Å². The van der Waals surface area contributed by atoms with E-state index in [1.165, 1.54) is 83.5 Å². The average molecular weight is 666 g/mol. The van der Waals surface area contributed by atoms with Crippen molar-refractivity contribution >= 4 is 17.9 Å². The van der Waals surface area contributed by atoms with Crippen molar-refractivity contribution in [3.05, 3.63) is 24.3 Å². The van der Waals surface area contributed by atoms with E-state index in [0.29, 0.717) is 12.8 Å². The van der Waals surface area contributed by atoms with E-state index in [1.54, 1.807) is 21.1 Å². The number of hydrogen-bond acceptors (Lipinski definition) is 7. The topological polar surface area (TPSA) is 102 Å². The van der Waals surface area contributed by atoms with Crippen LogP contribution in [0.15, 0.2) is 24.3 Å². The second-order valence-electron chi connectivity index (χ2n) is 13.8. The standard InChI is InChI=1S/C39H71NO7/c1-6-8-10-12-14-16-18-19-20-22-23-25-27-29-37(41)46-34-35(33-45-32-31-36(39(43)44)40(3,4)5)47-38(42)30-28-26-24-21-17-15-13-11-9-7-2/h19-20,23,25,35-36H,6-18,21-22,24,26-34H2,1-5H3/b20-19+,25-23+. The fraction of sp³-hybridized carbons (Fsp3) is 0.821. The van der Waals surface area contributed by atoms with Crippen LogP contribution in [0.2, 0.25) is 0 Å².